The summed E-state index contributed by atoms with van der Waals surface area (Å²) in [7, 11) is 0. The molecule has 0 aliphatic carbocycles. The molecule has 1 aromatic carbocycles. The van der Waals surface area contributed by atoms with E-state index < -0.39 is 34.7 Å². The third-order valence-electron chi connectivity index (χ3n) is 4.69. The smallest absolute Gasteiger partial charge is 0.331 e. The third kappa shape index (κ3) is 3.65. The molecule has 2 amide bonds. The van der Waals surface area contributed by atoms with E-state index >= 15 is 0 Å². The molecule has 148 valence electrons. The molecule has 11 heteroatoms. The van der Waals surface area contributed by atoms with Crippen LogP contribution in [0.1, 0.15) is 25.5 Å². The van der Waals surface area contributed by atoms with Gasteiger partial charge in [-0.05, 0) is 47.5 Å². The Morgan fingerprint density at radius 2 is 2.11 bits per heavy atom. The van der Waals surface area contributed by atoms with Gasteiger partial charge in [-0.3, -0.25) is 9.59 Å². The fourth-order valence-electron chi connectivity index (χ4n) is 3.45. The van der Waals surface area contributed by atoms with Crippen LogP contribution in [0.25, 0.3) is 10.4 Å². The van der Waals surface area contributed by atoms with Crippen LogP contribution >= 0.6 is 34.4 Å². The first kappa shape index (κ1) is 20.7. The Kier molecular flexibility index (Phi) is 6.06. The van der Waals surface area contributed by atoms with Gasteiger partial charge in [0.2, 0.25) is 11.8 Å². The molecule has 2 fully saturated rings. The summed E-state index contributed by atoms with van der Waals surface area (Å²) in [6, 6.07) is 6.04. The van der Waals surface area contributed by atoms with Gasteiger partial charge in [0.25, 0.3) is 0 Å². The van der Waals surface area contributed by atoms with Crippen LogP contribution in [0.4, 0.5) is 0 Å². The van der Waals surface area contributed by atoms with E-state index in [0.717, 1.165) is 0 Å². The lowest BCUT2D eigenvalue weighted by Gasteiger charge is -2.44. The number of carbonyl (C=O) groups is 3. The zero-order valence-electron chi connectivity index (χ0n) is 15.1. The zero-order chi connectivity index (χ0) is 20.5. The molecule has 3 rings (SSSR count). The van der Waals surface area contributed by atoms with Crippen molar-refractivity contribution in [1.82, 2.24) is 10.2 Å². The number of β-lactam (4-membered cyclic amide) rings is 1. The summed E-state index contributed by atoms with van der Waals surface area (Å²) < 4.78 is 4.76. The molecule has 0 radical (unpaired) electrons. The Balaban J connectivity index is 1.76. The molecular weight excluding hydrogens is 497 g/mol. The van der Waals surface area contributed by atoms with Crippen molar-refractivity contribution in [2.24, 2.45) is 5.11 Å². The second-order valence-electron chi connectivity index (χ2n) is 6.84. The van der Waals surface area contributed by atoms with E-state index in [1.807, 2.05) is 36.4 Å². The van der Waals surface area contributed by atoms with E-state index in [1.165, 1.54) is 16.7 Å². The predicted molar refractivity (Wildman–Crippen MR) is 111 cm³/mol. The molecule has 0 aromatic heterocycles. The lowest BCUT2D eigenvalue weighted by atomic mass is 9.95. The molecule has 2 saturated heterocycles. The summed E-state index contributed by atoms with van der Waals surface area (Å²) in [5.41, 5.74) is 9.35. The highest BCUT2D eigenvalue weighted by Gasteiger charge is 2.64. The number of azide groups is 1. The molecule has 2 heterocycles. The number of thioether (sulfide) groups is 1. The minimum atomic E-state index is -1.08. The largest absolute Gasteiger partial charge is 0.453 e. The highest BCUT2D eigenvalue weighted by Crippen LogP contribution is 2.51. The average Bonchev–Trinajstić information content (AvgIpc) is 2.93. The van der Waals surface area contributed by atoms with E-state index in [9.17, 15) is 14.4 Å². The molecule has 0 bridgehead atoms. The molecule has 28 heavy (non-hydrogen) atoms. The second-order valence-corrected chi connectivity index (χ2v) is 9.23. The number of amides is 2. The van der Waals surface area contributed by atoms with Gasteiger partial charge in [-0.1, -0.05) is 35.4 Å². The van der Waals surface area contributed by atoms with Crippen molar-refractivity contribution >= 4 is 52.1 Å². The number of ether oxygens (including phenoxy) is 1. The van der Waals surface area contributed by atoms with Crippen LogP contribution < -0.4 is 5.32 Å². The molecule has 1 unspecified atom stereocenters. The Labute approximate surface area is 179 Å². The van der Waals surface area contributed by atoms with Gasteiger partial charge >= 0.3 is 5.97 Å². The third-order valence-corrected chi connectivity index (χ3v) is 6.57. The Hall–Kier alpha value is -1.98. The Morgan fingerprint density at radius 3 is 2.71 bits per heavy atom. The van der Waals surface area contributed by atoms with Crippen LogP contribution in [-0.4, -0.2) is 49.5 Å². The summed E-state index contributed by atoms with van der Waals surface area (Å²) >= 11 is 3.37. The van der Waals surface area contributed by atoms with Crippen molar-refractivity contribution in [2.45, 2.75) is 42.1 Å². The maximum atomic E-state index is 12.7. The normalized spacial score (nSPS) is 25.8. The summed E-state index contributed by atoms with van der Waals surface area (Å²) in [6.07, 6.45) is 0. The highest BCUT2D eigenvalue weighted by atomic mass is 127. The van der Waals surface area contributed by atoms with E-state index in [4.69, 9.17) is 10.3 Å². The van der Waals surface area contributed by atoms with Gasteiger partial charge in [0, 0.05) is 9.66 Å². The van der Waals surface area contributed by atoms with Crippen molar-refractivity contribution in [2.75, 3.05) is 4.61 Å². The molecule has 0 saturated carbocycles. The van der Waals surface area contributed by atoms with Crippen molar-refractivity contribution in [3.8, 4) is 0 Å². The lowest BCUT2D eigenvalue weighted by Crippen LogP contribution is -2.71. The van der Waals surface area contributed by atoms with Gasteiger partial charge in [0.05, 0.1) is 0 Å². The quantitative estimate of drug-likeness (QED) is 0.119. The van der Waals surface area contributed by atoms with Crippen LogP contribution in [0.3, 0.4) is 0 Å². The van der Waals surface area contributed by atoms with Crippen molar-refractivity contribution in [1.29, 1.82) is 0 Å². The average molecular weight is 515 g/mol. The number of alkyl halides is 1. The number of hydrogen-bond donors (Lipinski definition) is 1. The van der Waals surface area contributed by atoms with Crippen molar-refractivity contribution in [3.05, 3.63) is 46.3 Å². The predicted octanol–water partition coefficient (Wildman–Crippen LogP) is 2.52. The molecular formula is C17H18IN5O4S. The van der Waals surface area contributed by atoms with Crippen molar-refractivity contribution in [3.63, 3.8) is 0 Å². The number of nitrogens with zero attached hydrogens (tertiary/aromatic N) is 4. The topological polar surface area (TPSA) is 124 Å². The number of carbonyl (C=O) groups excluding carboxylic acids is 3. The summed E-state index contributed by atoms with van der Waals surface area (Å²) in [5.74, 6) is -1.36. The first-order chi connectivity index (χ1) is 13.3. The van der Waals surface area contributed by atoms with Crippen LogP contribution in [-0.2, 0) is 19.1 Å². The monoisotopic (exact) mass is 515 g/mol. The van der Waals surface area contributed by atoms with Gasteiger partial charge in [0.15, 0.2) is 0 Å². The molecule has 2 aliphatic heterocycles. The highest BCUT2D eigenvalue weighted by molar-refractivity contribution is 14.1. The summed E-state index contributed by atoms with van der Waals surface area (Å²) in [4.78, 5) is 41.9. The molecule has 1 N–H and O–H groups in total. The summed E-state index contributed by atoms with van der Waals surface area (Å²) in [6.45, 7) is 3.74. The molecule has 1 aromatic rings. The van der Waals surface area contributed by atoms with Gasteiger partial charge in [-0.15, -0.1) is 11.8 Å². The first-order valence-corrected chi connectivity index (χ1v) is 10.8. The summed E-state index contributed by atoms with van der Waals surface area (Å²) in [5, 5.41) is 5.88. The minimum Gasteiger partial charge on any atom is -0.453 e. The second kappa shape index (κ2) is 8.18. The van der Waals surface area contributed by atoms with E-state index in [2.05, 4.69) is 15.3 Å². The Bertz CT molecular complexity index is 845. The fraction of sp³-hybridized carbons (Fsp3) is 0.471. The number of esters is 1. The number of fused-ring (bicyclic) bond motifs is 1. The molecule has 2 aliphatic rings. The standard InChI is InChI=1S/C17H18IN5O4S/c1-17(2)12(16(26)27-8-18)23-14(25)11(15(23)28-17)20-13(24)10(21-22-19)9-6-4-3-5-7-9/h3-7,10-12,15H,8H2,1-2H3,(H,20,24)/t10?,11-,12+,15-/m1/s1. The van der Waals surface area contributed by atoms with E-state index in [0.29, 0.717) is 5.56 Å². The van der Waals surface area contributed by atoms with Crippen molar-refractivity contribution < 1.29 is 19.1 Å². The van der Waals surface area contributed by atoms with Gasteiger partial charge in [0.1, 0.15) is 28.1 Å². The van der Waals surface area contributed by atoms with Crippen LogP contribution in [0.5, 0.6) is 0 Å². The Morgan fingerprint density at radius 1 is 1.43 bits per heavy atom. The van der Waals surface area contributed by atoms with Gasteiger partial charge < -0.3 is 15.0 Å². The number of benzene rings is 1. The van der Waals surface area contributed by atoms with E-state index in [-0.39, 0.29) is 15.9 Å². The molecule has 4 atom stereocenters. The lowest BCUT2D eigenvalue weighted by molar-refractivity contribution is -0.163. The van der Waals surface area contributed by atoms with E-state index in [1.54, 1.807) is 30.3 Å². The van der Waals surface area contributed by atoms with Crippen LogP contribution in [0, 0.1) is 0 Å². The molecule has 0 spiro atoms. The zero-order valence-corrected chi connectivity index (χ0v) is 18.1. The maximum Gasteiger partial charge on any atom is 0.331 e. The fourth-order valence-corrected chi connectivity index (χ4v) is 5.38. The maximum absolute atomic E-state index is 12.7. The number of rotatable bonds is 6. The van der Waals surface area contributed by atoms with Gasteiger partial charge in [-0.2, -0.15) is 0 Å². The molecule has 9 nitrogen and oxygen atoms in total. The van der Waals surface area contributed by atoms with Crippen LogP contribution in [0.15, 0.2) is 35.4 Å². The first-order valence-electron chi connectivity index (χ1n) is 8.44. The van der Waals surface area contributed by atoms with Crippen LogP contribution in [0.2, 0.25) is 0 Å². The number of hydrogen-bond acceptors (Lipinski definition) is 6. The number of halogens is 1. The minimum absolute atomic E-state index is 0.200. The van der Waals surface area contributed by atoms with Gasteiger partial charge in [-0.25, -0.2) is 4.79 Å². The number of nitrogens with one attached hydrogen (secondary N) is 1. The SMILES string of the molecule is CC1(C)S[C@@H]2[C@H](NC(=O)C(N=[N+]=[N-])c3ccccc3)C(=O)N2[C@H]1C(=O)OCI.